The molecule has 1 aromatic rings. The van der Waals surface area contributed by atoms with E-state index in [1.807, 2.05) is 18.2 Å². The predicted octanol–water partition coefficient (Wildman–Crippen LogP) is 0.291. The maximum absolute atomic E-state index is 8.97. The Morgan fingerprint density at radius 2 is 1.83 bits per heavy atom. The van der Waals surface area contributed by atoms with Crippen molar-refractivity contribution in [1.82, 2.24) is 5.32 Å². The molecule has 0 unspecified atom stereocenters. The van der Waals surface area contributed by atoms with Gasteiger partial charge in [0.15, 0.2) is 11.5 Å². The Labute approximate surface area is 106 Å². The quantitative estimate of drug-likeness (QED) is 0.703. The molecule has 5 heteroatoms. The maximum atomic E-state index is 8.97. The lowest BCUT2D eigenvalue weighted by Crippen LogP contribution is -2.35. The Bertz CT molecular complexity index is 379. The molecule has 1 aliphatic heterocycles. The second-order valence-electron chi connectivity index (χ2n) is 4.27. The van der Waals surface area contributed by atoms with Gasteiger partial charge in [0.1, 0.15) is 0 Å². The lowest BCUT2D eigenvalue weighted by atomic mass is 10.2. The molecule has 0 amide bonds. The Hall–Kier alpha value is -1.30. The first-order valence-electron chi connectivity index (χ1n) is 6.17. The van der Waals surface area contributed by atoms with Crippen LogP contribution in [0.3, 0.4) is 0 Å². The van der Waals surface area contributed by atoms with Gasteiger partial charge >= 0.3 is 0 Å². The summed E-state index contributed by atoms with van der Waals surface area (Å²) in [6.07, 6.45) is 0.888. The number of nitrogens with one attached hydrogen (secondary N) is 1. The third-order valence-electron chi connectivity index (χ3n) is 2.85. The second-order valence-corrected chi connectivity index (χ2v) is 4.27. The summed E-state index contributed by atoms with van der Waals surface area (Å²) in [5.41, 5.74) is 1.03. The molecule has 3 N–H and O–H groups in total. The number of fused-ring (bicyclic) bond motifs is 1. The summed E-state index contributed by atoms with van der Waals surface area (Å²) in [4.78, 5) is 0. The number of rotatable bonds is 5. The summed E-state index contributed by atoms with van der Waals surface area (Å²) >= 11 is 0. The van der Waals surface area contributed by atoms with Crippen LogP contribution in [0, 0.1) is 0 Å². The van der Waals surface area contributed by atoms with Gasteiger partial charge in [-0.05, 0) is 17.7 Å². The van der Waals surface area contributed by atoms with E-state index in [9.17, 15) is 0 Å². The van der Waals surface area contributed by atoms with Crippen molar-refractivity contribution in [3.63, 3.8) is 0 Å². The van der Waals surface area contributed by atoms with E-state index >= 15 is 0 Å². The van der Waals surface area contributed by atoms with Crippen molar-refractivity contribution in [1.29, 1.82) is 0 Å². The van der Waals surface area contributed by atoms with Gasteiger partial charge in [-0.15, -0.1) is 0 Å². The van der Waals surface area contributed by atoms with Gasteiger partial charge in [0.2, 0.25) is 0 Å². The van der Waals surface area contributed by atoms with Gasteiger partial charge in [-0.1, -0.05) is 6.07 Å². The van der Waals surface area contributed by atoms with E-state index in [0.717, 1.165) is 23.5 Å². The van der Waals surface area contributed by atoms with Crippen molar-refractivity contribution in [3.8, 4) is 11.5 Å². The van der Waals surface area contributed by atoms with Crippen molar-refractivity contribution in [2.24, 2.45) is 0 Å². The highest BCUT2D eigenvalue weighted by Crippen LogP contribution is 2.30. The average molecular weight is 253 g/mol. The van der Waals surface area contributed by atoms with Crippen LogP contribution in [-0.4, -0.2) is 42.7 Å². The van der Waals surface area contributed by atoms with E-state index in [1.54, 1.807) is 0 Å². The fourth-order valence-electron chi connectivity index (χ4n) is 1.77. The maximum Gasteiger partial charge on any atom is 0.161 e. The number of hydrogen-bond acceptors (Lipinski definition) is 5. The molecular weight excluding hydrogens is 234 g/mol. The number of aliphatic hydroxyl groups excluding tert-OH is 2. The van der Waals surface area contributed by atoms with E-state index in [-0.39, 0.29) is 19.3 Å². The molecule has 18 heavy (non-hydrogen) atoms. The lowest BCUT2D eigenvalue weighted by Gasteiger charge is -2.14. The van der Waals surface area contributed by atoms with Crippen LogP contribution >= 0.6 is 0 Å². The third kappa shape index (κ3) is 3.35. The zero-order valence-electron chi connectivity index (χ0n) is 10.3. The largest absolute Gasteiger partial charge is 0.490 e. The summed E-state index contributed by atoms with van der Waals surface area (Å²) in [7, 11) is 0. The molecule has 1 aliphatic rings. The van der Waals surface area contributed by atoms with E-state index < -0.39 is 0 Å². The van der Waals surface area contributed by atoms with E-state index in [1.165, 1.54) is 0 Å². The fraction of sp³-hybridized carbons (Fsp3) is 0.538. The van der Waals surface area contributed by atoms with Crippen molar-refractivity contribution < 1.29 is 19.7 Å². The van der Waals surface area contributed by atoms with Gasteiger partial charge in [0.05, 0.1) is 32.5 Å². The molecule has 2 rings (SSSR count). The van der Waals surface area contributed by atoms with E-state index in [2.05, 4.69) is 5.32 Å². The molecule has 0 saturated carbocycles. The zero-order chi connectivity index (χ0) is 12.8. The molecule has 0 aromatic heterocycles. The molecular formula is C13H19NO4. The van der Waals surface area contributed by atoms with Crippen molar-refractivity contribution in [3.05, 3.63) is 23.8 Å². The smallest absolute Gasteiger partial charge is 0.161 e. The highest BCUT2D eigenvalue weighted by molar-refractivity contribution is 5.43. The minimum atomic E-state index is -0.291. The predicted molar refractivity (Wildman–Crippen MR) is 66.8 cm³/mol. The van der Waals surface area contributed by atoms with Gasteiger partial charge in [-0.25, -0.2) is 0 Å². The lowest BCUT2D eigenvalue weighted by molar-refractivity contribution is 0.170. The summed E-state index contributed by atoms with van der Waals surface area (Å²) in [5.74, 6) is 1.54. The summed E-state index contributed by atoms with van der Waals surface area (Å²) < 4.78 is 11.1. The van der Waals surface area contributed by atoms with Crippen LogP contribution in [0.5, 0.6) is 11.5 Å². The third-order valence-corrected chi connectivity index (χ3v) is 2.85. The van der Waals surface area contributed by atoms with Crippen molar-refractivity contribution >= 4 is 0 Å². The number of hydrogen-bond donors (Lipinski definition) is 3. The first kappa shape index (κ1) is 13.1. The fourth-order valence-corrected chi connectivity index (χ4v) is 1.77. The molecule has 0 radical (unpaired) electrons. The van der Waals surface area contributed by atoms with Gasteiger partial charge in [0, 0.05) is 13.0 Å². The van der Waals surface area contributed by atoms with Crippen molar-refractivity contribution in [2.45, 2.75) is 19.0 Å². The molecule has 0 saturated heterocycles. The number of aliphatic hydroxyl groups is 2. The minimum absolute atomic E-state index is 0.0823. The normalized spacial score (nSPS) is 14.6. The van der Waals surface area contributed by atoms with Gasteiger partial charge < -0.3 is 25.0 Å². The molecule has 100 valence electrons. The Morgan fingerprint density at radius 1 is 1.11 bits per heavy atom. The Kier molecular flexibility index (Phi) is 4.81. The molecule has 0 atom stereocenters. The van der Waals surface area contributed by atoms with Gasteiger partial charge in [-0.3, -0.25) is 0 Å². The minimum Gasteiger partial charge on any atom is -0.490 e. The molecule has 5 nitrogen and oxygen atoms in total. The SMILES string of the molecule is OCC(CO)NCc1ccc2c(c1)OCCCO2. The second kappa shape index (κ2) is 6.58. The van der Waals surface area contributed by atoms with Gasteiger partial charge in [-0.2, -0.15) is 0 Å². The highest BCUT2D eigenvalue weighted by atomic mass is 16.5. The molecule has 0 spiro atoms. The van der Waals surface area contributed by atoms with Gasteiger partial charge in [0.25, 0.3) is 0 Å². The first-order valence-corrected chi connectivity index (χ1v) is 6.17. The van der Waals surface area contributed by atoms with Crippen LogP contribution < -0.4 is 14.8 Å². The van der Waals surface area contributed by atoms with Crippen LogP contribution in [0.4, 0.5) is 0 Å². The summed E-state index contributed by atoms with van der Waals surface area (Å²) in [6, 6.07) is 5.48. The molecule has 1 heterocycles. The van der Waals surface area contributed by atoms with Crippen LogP contribution in [-0.2, 0) is 6.54 Å². The van der Waals surface area contributed by atoms with Crippen LogP contribution in [0.2, 0.25) is 0 Å². The van der Waals surface area contributed by atoms with Crippen LogP contribution in [0.25, 0.3) is 0 Å². The molecule has 0 bridgehead atoms. The monoisotopic (exact) mass is 253 g/mol. The topological polar surface area (TPSA) is 71.0 Å². The summed E-state index contributed by atoms with van der Waals surface area (Å²) in [6.45, 7) is 1.76. The summed E-state index contributed by atoms with van der Waals surface area (Å²) in [5, 5.41) is 21.0. The first-order chi connectivity index (χ1) is 8.83. The molecule has 0 aliphatic carbocycles. The average Bonchev–Trinajstić information content (AvgIpc) is 2.64. The molecule has 0 fully saturated rings. The Balaban J connectivity index is 1.99. The van der Waals surface area contributed by atoms with Crippen molar-refractivity contribution in [2.75, 3.05) is 26.4 Å². The zero-order valence-corrected chi connectivity index (χ0v) is 10.3. The van der Waals surface area contributed by atoms with E-state index in [4.69, 9.17) is 19.7 Å². The van der Waals surface area contributed by atoms with Crippen LogP contribution in [0.1, 0.15) is 12.0 Å². The number of benzene rings is 1. The molecule has 1 aromatic carbocycles. The van der Waals surface area contributed by atoms with Crippen LogP contribution in [0.15, 0.2) is 18.2 Å². The highest BCUT2D eigenvalue weighted by Gasteiger charge is 2.11. The van der Waals surface area contributed by atoms with E-state index in [0.29, 0.717) is 19.8 Å². The Morgan fingerprint density at radius 3 is 2.56 bits per heavy atom. The number of ether oxygens (including phenoxy) is 2. The standard InChI is InChI=1S/C13H19NO4/c15-8-11(9-16)14-7-10-2-3-12-13(6-10)18-5-1-4-17-12/h2-3,6,11,14-16H,1,4-5,7-9H2.